The number of nitrogens with one attached hydrogen (secondary N) is 2. The first-order chi connectivity index (χ1) is 7.33. The second-order valence-electron chi connectivity index (χ2n) is 3.19. The van der Waals surface area contributed by atoms with Crippen molar-refractivity contribution in [1.82, 2.24) is 15.5 Å². The van der Waals surface area contributed by atoms with Crippen LogP contribution in [0.15, 0.2) is 5.51 Å². The fourth-order valence-electron chi connectivity index (χ4n) is 1.12. The molecule has 0 unspecified atom stereocenters. The predicted molar refractivity (Wildman–Crippen MR) is 68.3 cm³/mol. The third kappa shape index (κ3) is 5.64. The van der Waals surface area contributed by atoms with Crippen molar-refractivity contribution in [1.29, 1.82) is 0 Å². The highest BCUT2D eigenvalue weighted by molar-refractivity contribution is 7.80. The molecule has 0 bridgehead atoms. The summed E-state index contributed by atoms with van der Waals surface area (Å²) in [5.41, 5.74) is 1.67. The van der Waals surface area contributed by atoms with Gasteiger partial charge in [-0.3, -0.25) is 0 Å². The van der Waals surface area contributed by atoms with E-state index in [9.17, 15) is 0 Å². The van der Waals surface area contributed by atoms with E-state index in [1.165, 1.54) is 30.6 Å². The average molecular weight is 244 g/mol. The minimum absolute atomic E-state index is 0.628. The van der Waals surface area contributed by atoms with Gasteiger partial charge < -0.3 is 10.6 Å². The van der Waals surface area contributed by atoms with Crippen molar-refractivity contribution in [3.8, 4) is 0 Å². The molecule has 0 aliphatic carbocycles. The summed E-state index contributed by atoms with van der Waals surface area (Å²) in [6, 6.07) is 0. The molecule has 0 amide bonds. The van der Waals surface area contributed by atoms with Gasteiger partial charge in [-0.1, -0.05) is 37.5 Å². The van der Waals surface area contributed by atoms with E-state index in [0.717, 1.165) is 18.1 Å². The number of unbranched alkanes of at least 4 members (excludes halogenated alkanes) is 3. The van der Waals surface area contributed by atoms with Gasteiger partial charge in [-0.05, 0) is 18.6 Å². The van der Waals surface area contributed by atoms with Crippen LogP contribution in [0.1, 0.15) is 32.6 Å². The summed E-state index contributed by atoms with van der Waals surface area (Å²) >= 11 is 6.53. The van der Waals surface area contributed by atoms with E-state index in [1.807, 2.05) is 0 Å². The van der Waals surface area contributed by atoms with Gasteiger partial charge >= 0.3 is 0 Å². The van der Waals surface area contributed by atoms with E-state index in [0.29, 0.717) is 5.11 Å². The maximum atomic E-state index is 5.10. The highest BCUT2D eigenvalue weighted by atomic mass is 32.1. The third-order valence-corrected chi connectivity index (χ3v) is 2.75. The summed E-state index contributed by atoms with van der Waals surface area (Å²) in [7, 11) is 0. The van der Waals surface area contributed by atoms with E-state index < -0.39 is 0 Å². The van der Waals surface area contributed by atoms with Crippen LogP contribution in [0, 0.1) is 0 Å². The third-order valence-electron chi connectivity index (χ3n) is 1.90. The van der Waals surface area contributed by atoms with E-state index >= 15 is 0 Å². The molecular formula is C9H16N4S2. The average Bonchev–Trinajstić information content (AvgIpc) is 2.70. The molecule has 0 aliphatic rings. The highest BCUT2D eigenvalue weighted by Crippen LogP contribution is 2.07. The van der Waals surface area contributed by atoms with Gasteiger partial charge in [-0.15, -0.1) is 10.2 Å². The molecule has 0 aromatic carbocycles. The van der Waals surface area contributed by atoms with Gasteiger partial charge in [-0.2, -0.15) is 0 Å². The highest BCUT2D eigenvalue weighted by Gasteiger charge is 1.98. The van der Waals surface area contributed by atoms with Gasteiger partial charge in [0.1, 0.15) is 5.51 Å². The Morgan fingerprint density at radius 1 is 1.47 bits per heavy atom. The summed E-state index contributed by atoms with van der Waals surface area (Å²) < 4.78 is 0. The Morgan fingerprint density at radius 3 is 3.00 bits per heavy atom. The standard InChI is InChI=1S/C9H16N4S2/c1-2-3-4-5-6-10-8(14)12-9-13-11-7-15-9/h7H,2-6H2,1H3,(H2,10,12,13,14). The van der Waals surface area contributed by atoms with Crippen LogP contribution < -0.4 is 10.6 Å². The quantitative estimate of drug-likeness (QED) is 0.594. The Bertz CT molecular complexity index is 274. The van der Waals surface area contributed by atoms with Crippen LogP contribution in [-0.4, -0.2) is 21.9 Å². The molecule has 0 spiro atoms. The van der Waals surface area contributed by atoms with Crippen molar-refractivity contribution < 1.29 is 0 Å². The monoisotopic (exact) mass is 244 g/mol. The van der Waals surface area contributed by atoms with Crippen LogP contribution in [0.3, 0.4) is 0 Å². The molecule has 1 rings (SSSR count). The summed E-state index contributed by atoms with van der Waals surface area (Å²) in [5, 5.41) is 15.0. The van der Waals surface area contributed by atoms with Gasteiger partial charge in [0, 0.05) is 6.54 Å². The van der Waals surface area contributed by atoms with E-state index in [2.05, 4.69) is 27.8 Å². The van der Waals surface area contributed by atoms with Crippen molar-refractivity contribution in [3.05, 3.63) is 5.51 Å². The topological polar surface area (TPSA) is 49.8 Å². The number of thiocarbonyl (C=S) groups is 1. The summed E-state index contributed by atoms with van der Waals surface area (Å²) in [6.07, 6.45) is 4.96. The van der Waals surface area contributed by atoms with Gasteiger partial charge in [-0.25, -0.2) is 0 Å². The van der Waals surface area contributed by atoms with Crippen LogP contribution in [0.5, 0.6) is 0 Å². The van der Waals surface area contributed by atoms with E-state index in [4.69, 9.17) is 12.2 Å². The van der Waals surface area contributed by atoms with Crippen LogP contribution in [0.4, 0.5) is 5.13 Å². The molecule has 4 nitrogen and oxygen atoms in total. The van der Waals surface area contributed by atoms with Gasteiger partial charge in [0.15, 0.2) is 5.11 Å². The van der Waals surface area contributed by atoms with Gasteiger partial charge in [0.05, 0.1) is 0 Å². The first kappa shape index (κ1) is 12.3. The summed E-state index contributed by atoms with van der Waals surface area (Å²) in [5.74, 6) is 0. The first-order valence-electron chi connectivity index (χ1n) is 5.14. The maximum absolute atomic E-state index is 5.10. The Kier molecular flexibility index (Phi) is 6.18. The number of rotatable bonds is 6. The molecule has 15 heavy (non-hydrogen) atoms. The van der Waals surface area contributed by atoms with Crippen LogP contribution in [0.2, 0.25) is 0 Å². The zero-order valence-corrected chi connectivity index (χ0v) is 10.5. The fourth-order valence-corrected chi connectivity index (χ4v) is 1.84. The molecule has 0 saturated carbocycles. The van der Waals surface area contributed by atoms with Crippen molar-refractivity contribution in [2.75, 3.05) is 11.9 Å². The normalized spacial score (nSPS) is 9.93. The molecule has 0 fully saturated rings. The summed E-state index contributed by atoms with van der Waals surface area (Å²) in [4.78, 5) is 0. The number of aromatic nitrogens is 2. The lowest BCUT2D eigenvalue weighted by Crippen LogP contribution is -2.29. The lowest BCUT2D eigenvalue weighted by atomic mass is 10.2. The zero-order chi connectivity index (χ0) is 10.9. The molecule has 0 atom stereocenters. The molecule has 1 heterocycles. The van der Waals surface area contributed by atoms with E-state index in [-0.39, 0.29) is 0 Å². The molecule has 0 saturated heterocycles. The number of anilines is 1. The van der Waals surface area contributed by atoms with Crippen molar-refractivity contribution in [2.45, 2.75) is 32.6 Å². The SMILES string of the molecule is CCCCCCNC(=S)Nc1nncs1. The maximum Gasteiger partial charge on any atom is 0.211 e. The van der Waals surface area contributed by atoms with Gasteiger partial charge in [0.2, 0.25) is 5.13 Å². The molecule has 0 aliphatic heterocycles. The second-order valence-corrected chi connectivity index (χ2v) is 4.43. The molecule has 6 heteroatoms. The van der Waals surface area contributed by atoms with Crippen LogP contribution >= 0.6 is 23.6 Å². The minimum Gasteiger partial charge on any atom is -0.362 e. The van der Waals surface area contributed by atoms with Gasteiger partial charge in [0.25, 0.3) is 0 Å². The molecular weight excluding hydrogens is 228 g/mol. The van der Waals surface area contributed by atoms with Crippen molar-refractivity contribution in [3.63, 3.8) is 0 Å². The Labute approximate surface area is 99.5 Å². The van der Waals surface area contributed by atoms with Crippen LogP contribution in [-0.2, 0) is 0 Å². The summed E-state index contributed by atoms with van der Waals surface area (Å²) in [6.45, 7) is 3.12. The minimum atomic E-state index is 0.628. The molecule has 1 aromatic rings. The Hall–Kier alpha value is -0.750. The fraction of sp³-hybridized carbons (Fsp3) is 0.667. The zero-order valence-electron chi connectivity index (χ0n) is 8.82. The molecule has 2 N–H and O–H groups in total. The number of hydrogen-bond acceptors (Lipinski definition) is 4. The Morgan fingerprint density at radius 2 is 2.33 bits per heavy atom. The number of nitrogens with zero attached hydrogens (tertiary/aromatic N) is 2. The number of hydrogen-bond donors (Lipinski definition) is 2. The van der Waals surface area contributed by atoms with Crippen molar-refractivity contribution >= 4 is 33.8 Å². The van der Waals surface area contributed by atoms with Crippen molar-refractivity contribution in [2.24, 2.45) is 0 Å². The smallest absolute Gasteiger partial charge is 0.211 e. The predicted octanol–water partition coefficient (Wildman–Crippen LogP) is 2.40. The first-order valence-corrected chi connectivity index (χ1v) is 6.42. The molecule has 1 aromatic heterocycles. The molecule has 0 radical (unpaired) electrons. The Balaban J connectivity index is 2.04. The lowest BCUT2D eigenvalue weighted by Gasteiger charge is -2.07. The largest absolute Gasteiger partial charge is 0.362 e. The van der Waals surface area contributed by atoms with Crippen LogP contribution in [0.25, 0.3) is 0 Å². The lowest BCUT2D eigenvalue weighted by molar-refractivity contribution is 0.655. The molecule has 84 valence electrons. The second kappa shape index (κ2) is 7.53. The van der Waals surface area contributed by atoms with E-state index in [1.54, 1.807) is 5.51 Å².